The topological polar surface area (TPSA) is 92.7 Å². The number of amides is 1. The van der Waals surface area contributed by atoms with Crippen LogP contribution in [0.5, 0.6) is 0 Å². The summed E-state index contributed by atoms with van der Waals surface area (Å²) in [5.41, 5.74) is 1.98. The molecule has 10 heteroatoms. The van der Waals surface area contributed by atoms with Gasteiger partial charge in [0.1, 0.15) is 4.92 Å². The molecular formula is C17H15ClN4O4S. The average molecular weight is 407 g/mol. The summed E-state index contributed by atoms with van der Waals surface area (Å²) >= 11 is 7.82. The molecule has 0 unspecified atom stereocenters. The number of hydrogen-bond acceptors (Lipinski definition) is 7. The maximum absolute atomic E-state index is 12.5. The quantitative estimate of drug-likeness (QED) is 0.486. The molecule has 2 aromatic heterocycles. The summed E-state index contributed by atoms with van der Waals surface area (Å²) in [6.45, 7) is 4.20. The number of carbonyl (C=O) groups excluding carboxylic acids is 1. The second kappa shape index (κ2) is 6.82. The van der Waals surface area contributed by atoms with E-state index in [-0.39, 0.29) is 11.7 Å². The van der Waals surface area contributed by atoms with Crippen molar-refractivity contribution in [3.8, 4) is 0 Å². The molecule has 1 amide bonds. The van der Waals surface area contributed by atoms with E-state index in [1.165, 1.54) is 12.1 Å². The molecule has 1 fully saturated rings. The third-order valence-corrected chi connectivity index (χ3v) is 6.08. The zero-order valence-corrected chi connectivity index (χ0v) is 15.9. The molecule has 27 heavy (non-hydrogen) atoms. The molecule has 0 radical (unpaired) electrons. The predicted molar refractivity (Wildman–Crippen MR) is 103 cm³/mol. The Hall–Kier alpha value is -2.65. The molecular weight excluding hydrogens is 392 g/mol. The van der Waals surface area contributed by atoms with Gasteiger partial charge in [-0.25, -0.2) is 4.98 Å². The second-order valence-electron chi connectivity index (χ2n) is 6.21. The Morgan fingerprint density at radius 2 is 2.00 bits per heavy atom. The van der Waals surface area contributed by atoms with E-state index >= 15 is 0 Å². The predicted octanol–water partition coefficient (Wildman–Crippen LogP) is 3.72. The number of benzene rings is 1. The standard InChI is InChI=1S/C17H15ClN4O4S/c1-10-2-3-11(18)15-14(10)19-17(27-15)21-8-6-20(7-9-21)16(23)12-4-5-13(26-12)22(24)25/h2-5H,6-9H2,1H3. The van der Waals surface area contributed by atoms with Crippen LogP contribution in [0.15, 0.2) is 28.7 Å². The molecule has 8 nitrogen and oxygen atoms in total. The number of anilines is 1. The van der Waals surface area contributed by atoms with E-state index < -0.39 is 10.8 Å². The third-order valence-electron chi connectivity index (χ3n) is 4.51. The summed E-state index contributed by atoms with van der Waals surface area (Å²) in [6, 6.07) is 6.36. The summed E-state index contributed by atoms with van der Waals surface area (Å²) in [5.74, 6) is -0.790. The number of nitrogens with zero attached hydrogens (tertiary/aromatic N) is 4. The molecule has 0 bridgehead atoms. The van der Waals surface area contributed by atoms with Crippen LogP contribution in [0.4, 0.5) is 11.0 Å². The Balaban J connectivity index is 1.47. The molecule has 3 aromatic rings. The number of rotatable bonds is 3. The van der Waals surface area contributed by atoms with Crippen molar-refractivity contribution in [2.45, 2.75) is 6.92 Å². The van der Waals surface area contributed by atoms with Crippen LogP contribution in [0.3, 0.4) is 0 Å². The minimum Gasteiger partial charge on any atom is -0.395 e. The molecule has 1 saturated heterocycles. The SMILES string of the molecule is Cc1ccc(Cl)c2sc(N3CCN(C(=O)c4ccc([N+](=O)[O-])o4)CC3)nc12. The van der Waals surface area contributed by atoms with Gasteiger partial charge < -0.3 is 14.2 Å². The van der Waals surface area contributed by atoms with Gasteiger partial charge in [0, 0.05) is 26.2 Å². The Bertz CT molecular complexity index is 1000. The lowest BCUT2D eigenvalue weighted by Gasteiger charge is -2.34. The number of carbonyl (C=O) groups is 1. The maximum Gasteiger partial charge on any atom is 0.433 e. The van der Waals surface area contributed by atoms with Gasteiger partial charge >= 0.3 is 5.88 Å². The van der Waals surface area contributed by atoms with Crippen molar-refractivity contribution in [1.29, 1.82) is 0 Å². The van der Waals surface area contributed by atoms with Gasteiger partial charge in [-0.2, -0.15) is 0 Å². The van der Waals surface area contributed by atoms with Crippen LogP contribution in [0, 0.1) is 17.0 Å². The molecule has 0 N–H and O–H groups in total. The summed E-state index contributed by atoms with van der Waals surface area (Å²) < 4.78 is 5.97. The van der Waals surface area contributed by atoms with Gasteiger partial charge in [-0.15, -0.1) is 0 Å². The molecule has 1 aromatic carbocycles. The van der Waals surface area contributed by atoms with E-state index in [1.807, 2.05) is 19.1 Å². The average Bonchev–Trinajstić information content (AvgIpc) is 3.32. The highest BCUT2D eigenvalue weighted by atomic mass is 35.5. The highest BCUT2D eigenvalue weighted by molar-refractivity contribution is 7.22. The van der Waals surface area contributed by atoms with Gasteiger partial charge in [-0.3, -0.25) is 14.9 Å². The lowest BCUT2D eigenvalue weighted by Crippen LogP contribution is -2.48. The number of fused-ring (bicyclic) bond motifs is 1. The van der Waals surface area contributed by atoms with Gasteiger partial charge in [0.15, 0.2) is 10.9 Å². The highest BCUT2D eigenvalue weighted by Crippen LogP contribution is 2.35. The van der Waals surface area contributed by atoms with Crippen molar-refractivity contribution in [3.63, 3.8) is 0 Å². The molecule has 1 aliphatic rings. The second-order valence-corrected chi connectivity index (χ2v) is 7.60. The Morgan fingerprint density at radius 3 is 2.63 bits per heavy atom. The summed E-state index contributed by atoms with van der Waals surface area (Å²) in [6.07, 6.45) is 0. The summed E-state index contributed by atoms with van der Waals surface area (Å²) in [4.78, 5) is 31.0. The number of aryl methyl sites for hydroxylation is 1. The maximum atomic E-state index is 12.5. The first kappa shape index (κ1) is 17.7. The first-order valence-electron chi connectivity index (χ1n) is 8.28. The van der Waals surface area contributed by atoms with Crippen LogP contribution in [0.2, 0.25) is 5.02 Å². The van der Waals surface area contributed by atoms with Crippen LogP contribution >= 0.6 is 22.9 Å². The number of furan rings is 1. The number of piperazine rings is 1. The van der Waals surface area contributed by atoms with Crippen molar-refractivity contribution in [3.05, 3.63) is 50.7 Å². The lowest BCUT2D eigenvalue weighted by molar-refractivity contribution is -0.402. The summed E-state index contributed by atoms with van der Waals surface area (Å²) in [5, 5.41) is 12.3. The molecule has 140 valence electrons. The van der Waals surface area contributed by atoms with Crippen molar-refractivity contribution in [1.82, 2.24) is 9.88 Å². The van der Waals surface area contributed by atoms with E-state index in [0.29, 0.717) is 31.2 Å². The minimum absolute atomic E-state index is 0.0162. The molecule has 0 spiro atoms. The van der Waals surface area contributed by atoms with E-state index in [2.05, 4.69) is 4.90 Å². The van der Waals surface area contributed by atoms with Gasteiger partial charge in [-0.1, -0.05) is 29.0 Å². The van der Waals surface area contributed by atoms with Gasteiger partial charge in [-0.05, 0) is 24.6 Å². The monoisotopic (exact) mass is 406 g/mol. The zero-order chi connectivity index (χ0) is 19.1. The first-order valence-corrected chi connectivity index (χ1v) is 9.47. The molecule has 0 saturated carbocycles. The molecule has 1 aliphatic heterocycles. The van der Waals surface area contributed by atoms with Crippen molar-refractivity contribution in [2.24, 2.45) is 0 Å². The highest BCUT2D eigenvalue weighted by Gasteiger charge is 2.27. The largest absolute Gasteiger partial charge is 0.433 e. The van der Waals surface area contributed by atoms with Crippen LogP contribution in [-0.4, -0.2) is 46.9 Å². The van der Waals surface area contributed by atoms with Gasteiger partial charge in [0.25, 0.3) is 5.91 Å². The molecule has 0 aliphatic carbocycles. The number of thiazole rings is 1. The van der Waals surface area contributed by atoms with Crippen LogP contribution < -0.4 is 4.90 Å². The van der Waals surface area contributed by atoms with E-state index in [4.69, 9.17) is 21.0 Å². The Labute approximate surface area is 163 Å². The normalized spacial score (nSPS) is 14.7. The minimum atomic E-state index is -0.658. The van der Waals surface area contributed by atoms with E-state index in [0.717, 1.165) is 20.9 Å². The van der Waals surface area contributed by atoms with Crippen molar-refractivity contribution >= 4 is 50.1 Å². The van der Waals surface area contributed by atoms with Crippen LogP contribution in [0.1, 0.15) is 16.1 Å². The Kier molecular flexibility index (Phi) is 4.48. The lowest BCUT2D eigenvalue weighted by atomic mass is 10.2. The van der Waals surface area contributed by atoms with E-state index in [1.54, 1.807) is 16.2 Å². The number of nitro groups is 1. The van der Waals surface area contributed by atoms with Crippen molar-refractivity contribution < 1.29 is 14.1 Å². The molecule has 0 atom stereocenters. The first-order chi connectivity index (χ1) is 12.9. The fraction of sp³-hybridized carbons (Fsp3) is 0.294. The van der Waals surface area contributed by atoms with Gasteiger partial charge in [0.2, 0.25) is 0 Å². The van der Waals surface area contributed by atoms with Crippen LogP contribution in [-0.2, 0) is 0 Å². The Morgan fingerprint density at radius 1 is 1.26 bits per heavy atom. The number of aromatic nitrogens is 1. The molecule has 4 rings (SSSR count). The number of hydrogen-bond donors (Lipinski definition) is 0. The fourth-order valence-corrected chi connectivity index (χ4v) is 4.39. The smallest absolute Gasteiger partial charge is 0.395 e. The molecule has 3 heterocycles. The van der Waals surface area contributed by atoms with Crippen LogP contribution in [0.25, 0.3) is 10.2 Å². The summed E-state index contributed by atoms with van der Waals surface area (Å²) in [7, 11) is 0. The zero-order valence-electron chi connectivity index (χ0n) is 14.3. The number of halogens is 1. The fourth-order valence-electron chi connectivity index (χ4n) is 3.02. The van der Waals surface area contributed by atoms with E-state index in [9.17, 15) is 14.9 Å². The van der Waals surface area contributed by atoms with Gasteiger partial charge in [0.05, 0.1) is 21.3 Å². The van der Waals surface area contributed by atoms with Crippen molar-refractivity contribution in [2.75, 3.05) is 31.1 Å². The third kappa shape index (κ3) is 3.24.